The third kappa shape index (κ3) is 2.75. The number of hydrogen-bond acceptors (Lipinski definition) is 3. The van der Waals surface area contributed by atoms with E-state index in [1.807, 2.05) is 39.1 Å². The Labute approximate surface area is 107 Å². The van der Waals surface area contributed by atoms with Gasteiger partial charge in [0.15, 0.2) is 11.5 Å². The molecule has 0 atom stereocenters. The van der Waals surface area contributed by atoms with Crippen molar-refractivity contribution < 1.29 is 14.3 Å². The van der Waals surface area contributed by atoms with E-state index in [-0.39, 0.29) is 11.8 Å². The molecule has 4 nitrogen and oxygen atoms in total. The third-order valence-corrected chi connectivity index (χ3v) is 2.90. The molecule has 0 radical (unpaired) electrons. The zero-order chi connectivity index (χ0) is 13.1. The summed E-state index contributed by atoms with van der Waals surface area (Å²) < 4.78 is 11.0. The molecule has 0 aromatic heterocycles. The zero-order valence-electron chi connectivity index (χ0n) is 11.1. The predicted molar refractivity (Wildman–Crippen MR) is 68.7 cm³/mol. The van der Waals surface area contributed by atoms with Crippen LogP contribution in [0.15, 0.2) is 18.2 Å². The maximum Gasteiger partial charge on any atom is 0.225 e. The highest BCUT2D eigenvalue weighted by molar-refractivity contribution is 5.77. The van der Waals surface area contributed by atoms with Crippen molar-refractivity contribution in [1.29, 1.82) is 0 Å². The van der Waals surface area contributed by atoms with Crippen molar-refractivity contribution in [3.05, 3.63) is 23.8 Å². The van der Waals surface area contributed by atoms with Crippen LogP contribution in [-0.2, 0) is 11.3 Å². The van der Waals surface area contributed by atoms with Crippen molar-refractivity contribution in [2.24, 2.45) is 5.92 Å². The second-order valence-corrected chi connectivity index (χ2v) is 4.83. The van der Waals surface area contributed by atoms with Crippen LogP contribution in [0.1, 0.15) is 19.4 Å². The molecule has 2 rings (SSSR count). The van der Waals surface area contributed by atoms with Gasteiger partial charge in [-0.15, -0.1) is 0 Å². The van der Waals surface area contributed by atoms with Crippen LogP contribution in [0.5, 0.6) is 11.5 Å². The van der Waals surface area contributed by atoms with Crippen molar-refractivity contribution in [3.8, 4) is 11.5 Å². The van der Waals surface area contributed by atoms with Crippen LogP contribution in [0.4, 0.5) is 0 Å². The molecule has 1 aliphatic rings. The summed E-state index contributed by atoms with van der Waals surface area (Å²) in [7, 11) is 1.82. The van der Waals surface area contributed by atoms with Gasteiger partial charge in [0.1, 0.15) is 13.2 Å². The lowest BCUT2D eigenvalue weighted by atomic mass is 10.1. The quantitative estimate of drug-likeness (QED) is 0.823. The van der Waals surface area contributed by atoms with Crippen LogP contribution in [-0.4, -0.2) is 31.1 Å². The molecule has 98 valence electrons. The second-order valence-electron chi connectivity index (χ2n) is 4.83. The standard InChI is InChI=1S/C14H19NO3/c1-10(2)14(16)15(3)9-11-4-5-12-13(8-11)18-7-6-17-12/h4-5,8,10H,6-7,9H2,1-3H3. The second kappa shape index (κ2) is 5.29. The fourth-order valence-corrected chi connectivity index (χ4v) is 1.98. The van der Waals surface area contributed by atoms with Crippen molar-refractivity contribution in [2.75, 3.05) is 20.3 Å². The first-order valence-electron chi connectivity index (χ1n) is 6.21. The van der Waals surface area contributed by atoms with E-state index in [1.165, 1.54) is 0 Å². The molecule has 0 bridgehead atoms. The summed E-state index contributed by atoms with van der Waals surface area (Å²) >= 11 is 0. The van der Waals surface area contributed by atoms with Gasteiger partial charge in [0.25, 0.3) is 0 Å². The van der Waals surface area contributed by atoms with Gasteiger partial charge in [-0.2, -0.15) is 0 Å². The zero-order valence-corrected chi connectivity index (χ0v) is 11.1. The summed E-state index contributed by atoms with van der Waals surface area (Å²) in [6.07, 6.45) is 0. The largest absolute Gasteiger partial charge is 0.486 e. The number of benzene rings is 1. The number of fused-ring (bicyclic) bond motifs is 1. The third-order valence-electron chi connectivity index (χ3n) is 2.90. The summed E-state index contributed by atoms with van der Waals surface area (Å²) in [6, 6.07) is 5.81. The highest BCUT2D eigenvalue weighted by Crippen LogP contribution is 2.31. The van der Waals surface area contributed by atoms with Crippen molar-refractivity contribution in [1.82, 2.24) is 4.90 Å². The maximum absolute atomic E-state index is 11.8. The molecule has 18 heavy (non-hydrogen) atoms. The van der Waals surface area contributed by atoms with Crippen LogP contribution < -0.4 is 9.47 Å². The SMILES string of the molecule is CC(C)C(=O)N(C)Cc1ccc2c(c1)OCCO2. The molecule has 0 fully saturated rings. The van der Waals surface area contributed by atoms with Crippen molar-refractivity contribution in [3.63, 3.8) is 0 Å². The maximum atomic E-state index is 11.8. The number of nitrogens with zero attached hydrogens (tertiary/aromatic N) is 1. The van der Waals surface area contributed by atoms with E-state index in [0.717, 1.165) is 17.1 Å². The first-order chi connectivity index (χ1) is 8.58. The molecule has 0 aliphatic carbocycles. The van der Waals surface area contributed by atoms with Crippen LogP contribution >= 0.6 is 0 Å². The highest BCUT2D eigenvalue weighted by Gasteiger charge is 2.15. The number of hydrogen-bond donors (Lipinski definition) is 0. The van der Waals surface area contributed by atoms with Gasteiger partial charge in [0, 0.05) is 19.5 Å². The highest BCUT2D eigenvalue weighted by atomic mass is 16.6. The number of carbonyl (C=O) groups excluding carboxylic acids is 1. The molecular weight excluding hydrogens is 230 g/mol. The van der Waals surface area contributed by atoms with Gasteiger partial charge in [-0.3, -0.25) is 4.79 Å². The topological polar surface area (TPSA) is 38.8 Å². The smallest absolute Gasteiger partial charge is 0.225 e. The Morgan fingerprint density at radius 3 is 2.61 bits per heavy atom. The Kier molecular flexibility index (Phi) is 3.75. The van der Waals surface area contributed by atoms with Crippen molar-refractivity contribution >= 4 is 5.91 Å². The van der Waals surface area contributed by atoms with E-state index in [4.69, 9.17) is 9.47 Å². The van der Waals surface area contributed by atoms with Crippen LogP contribution in [0.2, 0.25) is 0 Å². The van der Waals surface area contributed by atoms with E-state index in [1.54, 1.807) is 4.90 Å². The molecule has 0 saturated heterocycles. The molecule has 1 aliphatic heterocycles. The van der Waals surface area contributed by atoms with Gasteiger partial charge in [-0.05, 0) is 17.7 Å². The summed E-state index contributed by atoms with van der Waals surface area (Å²) in [5, 5.41) is 0. The first-order valence-corrected chi connectivity index (χ1v) is 6.21. The number of carbonyl (C=O) groups is 1. The van der Waals surface area contributed by atoms with Gasteiger partial charge < -0.3 is 14.4 Å². The van der Waals surface area contributed by atoms with Gasteiger partial charge in [-0.25, -0.2) is 0 Å². The number of rotatable bonds is 3. The van der Waals surface area contributed by atoms with Crippen molar-refractivity contribution in [2.45, 2.75) is 20.4 Å². The van der Waals surface area contributed by atoms with Crippen LogP contribution in [0.3, 0.4) is 0 Å². The summed E-state index contributed by atoms with van der Waals surface area (Å²) in [5.41, 5.74) is 1.05. The molecule has 0 unspecified atom stereocenters. The number of ether oxygens (including phenoxy) is 2. The van der Waals surface area contributed by atoms with E-state index in [9.17, 15) is 4.79 Å². The predicted octanol–water partition coefficient (Wildman–Crippen LogP) is 2.07. The average Bonchev–Trinajstić information content (AvgIpc) is 2.37. The Morgan fingerprint density at radius 2 is 1.94 bits per heavy atom. The lowest BCUT2D eigenvalue weighted by molar-refractivity contribution is -0.133. The Morgan fingerprint density at radius 1 is 1.28 bits per heavy atom. The van der Waals surface area contributed by atoms with E-state index < -0.39 is 0 Å². The van der Waals surface area contributed by atoms with E-state index in [0.29, 0.717) is 19.8 Å². The van der Waals surface area contributed by atoms with Gasteiger partial charge in [-0.1, -0.05) is 19.9 Å². The molecule has 1 aromatic rings. The van der Waals surface area contributed by atoms with E-state index >= 15 is 0 Å². The molecule has 4 heteroatoms. The monoisotopic (exact) mass is 249 g/mol. The molecule has 0 N–H and O–H groups in total. The fraction of sp³-hybridized carbons (Fsp3) is 0.500. The normalized spacial score (nSPS) is 13.6. The van der Waals surface area contributed by atoms with Gasteiger partial charge in [0.2, 0.25) is 5.91 Å². The lowest BCUT2D eigenvalue weighted by Gasteiger charge is -2.22. The minimum Gasteiger partial charge on any atom is -0.486 e. The van der Waals surface area contributed by atoms with Crippen LogP contribution in [0.25, 0.3) is 0 Å². The van der Waals surface area contributed by atoms with E-state index in [2.05, 4.69) is 0 Å². The summed E-state index contributed by atoms with van der Waals surface area (Å²) in [5.74, 6) is 1.71. The summed E-state index contributed by atoms with van der Waals surface area (Å²) in [4.78, 5) is 13.5. The Hall–Kier alpha value is -1.71. The molecule has 1 amide bonds. The molecule has 1 heterocycles. The van der Waals surface area contributed by atoms with Gasteiger partial charge in [0.05, 0.1) is 0 Å². The Balaban J connectivity index is 2.08. The fourth-order valence-electron chi connectivity index (χ4n) is 1.98. The summed E-state index contributed by atoms with van der Waals surface area (Å²) in [6.45, 7) is 5.58. The molecule has 0 spiro atoms. The molecule has 0 saturated carbocycles. The van der Waals surface area contributed by atoms with Crippen LogP contribution in [0, 0.1) is 5.92 Å². The minimum atomic E-state index is 0.0206. The Bertz CT molecular complexity index is 443. The van der Waals surface area contributed by atoms with Gasteiger partial charge >= 0.3 is 0 Å². The lowest BCUT2D eigenvalue weighted by Crippen LogP contribution is -2.30. The molecular formula is C14H19NO3. The average molecular weight is 249 g/mol. The first kappa shape index (κ1) is 12.7. The number of amides is 1. The minimum absolute atomic E-state index is 0.0206. The molecule has 1 aromatic carbocycles.